The van der Waals surface area contributed by atoms with Gasteiger partial charge in [0.25, 0.3) is 0 Å². The molecule has 1 saturated heterocycles. The molecule has 3 unspecified atom stereocenters. The molecule has 3 aromatic rings. The number of aryl methyl sites for hydroxylation is 1. The fourth-order valence-electron chi connectivity index (χ4n) is 4.62. The van der Waals surface area contributed by atoms with Gasteiger partial charge in [0.2, 0.25) is 17.8 Å². The zero-order valence-electron chi connectivity index (χ0n) is 19.4. The number of nitrogens with one attached hydrogen (secondary N) is 1. The molecular weight excluding hydrogens is 452 g/mol. The lowest BCUT2D eigenvalue weighted by Gasteiger charge is -2.27. The lowest BCUT2D eigenvalue weighted by molar-refractivity contribution is -0.139. The Hall–Kier alpha value is -3.62. The first-order chi connectivity index (χ1) is 16.9. The van der Waals surface area contributed by atoms with Gasteiger partial charge in [-0.1, -0.05) is 36.4 Å². The largest absolute Gasteiger partial charge is 0.342 e. The summed E-state index contributed by atoms with van der Waals surface area (Å²) in [5.74, 6) is -1.21. The summed E-state index contributed by atoms with van der Waals surface area (Å²) in [4.78, 5) is 31.8. The molecule has 2 aromatic heterocycles. The molecule has 0 spiro atoms. The number of hydrogen-bond donors (Lipinski definition) is 1. The van der Waals surface area contributed by atoms with Crippen LogP contribution in [-0.2, 0) is 16.1 Å². The van der Waals surface area contributed by atoms with Crippen LogP contribution in [0.4, 0.5) is 8.78 Å². The molecule has 2 fully saturated rings. The number of alkyl halides is 1. The molecule has 5 rings (SSSR count). The number of likely N-dealkylation sites (tertiary alicyclic amines) is 1. The Kier molecular flexibility index (Phi) is 6.32. The van der Waals surface area contributed by atoms with Crippen molar-refractivity contribution in [2.75, 3.05) is 6.54 Å². The number of nitrogens with zero attached hydrogens (tertiary/aromatic N) is 4. The van der Waals surface area contributed by atoms with Gasteiger partial charge < -0.3 is 10.2 Å². The number of aromatic nitrogens is 3. The third-order valence-electron chi connectivity index (χ3n) is 6.72. The van der Waals surface area contributed by atoms with Crippen LogP contribution in [0.15, 0.2) is 54.7 Å². The lowest BCUT2D eigenvalue weighted by atomic mass is 10.0. The summed E-state index contributed by atoms with van der Waals surface area (Å²) in [7, 11) is 0. The quantitative estimate of drug-likeness (QED) is 0.527. The van der Waals surface area contributed by atoms with Crippen molar-refractivity contribution >= 4 is 11.8 Å². The molecule has 182 valence electrons. The molecule has 2 amide bonds. The van der Waals surface area contributed by atoms with Crippen molar-refractivity contribution in [1.29, 1.82) is 0 Å². The summed E-state index contributed by atoms with van der Waals surface area (Å²) in [5.41, 5.74) is 2.45. The molecular formula is C26H27F2N5O2. The fourth-order valence-corrected chi connectivity index (χ4v) is 4.62. The summed E-state index contributed by atoms with van der Waals surface area (Å²) < 4.78 is 30.7. The van der Waals surface area contributed by atoms with E-state index in [-0.39, 0.29) is 31.3 Å². The molecule has 7 nitrogen and oxygen atoms in total. The van der Waals surface area contributed by atoms with E-state index >= 15 is 0 Å². The zero-order chi connectivity index (χ0) is 24.5. The smallest absolute Gasteiger partial charge is 0.245 e. The number of carbonyl (C=O) groups is 2. The van der Waals surface area contributed by atoms with Gasteiger partial charge in [-0.2, -0.15) is 9.49 Å². The molecule has 9 heteroatoms. The number of carbonyl (C=O) groups excluding carboxylic acids is 2. The van der Waals surface area contributed by atoms with Crippen LogP contribution in [0, 0.1) is 12.9 Å². The molecule has 1 aromatic carbocycles. The van der Waals surface area contributed by atoms with E-state index in [4.69, 9.17) is 0 Å². The molecule has 3 heterocycles. The van der Waals surface area contributed by atoms with Crippen molar-refractivity contribution in [2.24, 2.45) is 0 Å². The normalized spacial score (nSPS) is 20.6. The van der Waals surface area contributed by atoms with E-state index in [2.05, 4.69) is 15.4 Å². The fraction of sp³-hybridized carbons (Fsp3) is 0.385. The van der Waals surface area contributed by atoms with Gasteiger partial charge in [0, 0.05) is 23.9 Å². The second-order valence-corrected chi connectivity index (χ2v) is 9.27. The van der Waals surface area contributed by atoms with E-state index in [1.165, 1.54) is 9.58 Å². The summed E-state index contributed by atoms with van der Waals surface area (Å²) in [6.45, 7) is 1.58. The Bertz CT molecular complexity index is 1230. The van der Waals surface area contributed by atoms with Gasteiger partial charge in [-0.3, -0.25) is 14.3 Å². The maximum absolute atomic E-state index is 14.8. The van der Waals surface area contributed by atoms with Crippen molar-refractivity contribution in [2.45, 2.75) is 56.9 Å². The van der Waals surface area contributed by atoms with E-state index in [0.29, 0.717) is 16.8 Å². The van der Waals surface area contributed by atoms with Crippen LogP contribution in [0.2, 0.25) is 0 Å². The van der Waals surface area contributed by atoms with E-state index in [1.54, 1.807) is 24.4 Å². The lowest BCUT2D eigenvalue weighted by Crippen LogP contribution is -2.48. The molecule has 0 radical (unpaired) electrons. The molecule has 1 saturated carbocycles. The molecule has 35 heavy (non-hydrogen) atoms. The average molecular weight is 480 g/mol. The number of amides is 2. The van der Waals surface area contributed by atoms with Crippen LogP contribution >= 0.6 is 0 Å². The maximum atomic E-state index is 14.8. The van der Waals surface area contributed by atoms with Crippen molar-refractivity contribution < 1.29 is 18.4 Å². The molecule has 1 N–H and O–H groups in total. The van der Waals surface area contributed by atoms with Crippen LogP contribution in [0.5, 0.6) is 0 Å². The van der Waals surface area contributed by atoms with Gasteiger partial charge in [-0.05, 0) is 43.4 Å². The summed E-state index contributed by atoms with van der Waals surface area (Å²) in [6, 6.07) is 12.6. The number of pyridine rings is 1. The van der Waals surface area contributed by atoms with Crippen LogP contribution in [0.1, 0.15) is 53.7 Å². The first-order valence-corrected chi connectivity index (χ1v) is 11.8. The van der Waals surface area contributed by atoms with Crippen molar-refractivity contribution in [3.05, 3.63) is 83.2 Å². The maximum Gasteiger partial charge on any atom is 0.245 e. The van der Waals surface area contributed by atoms with E-state index in [9.17, 15) is 18.4 Å². The monoisotopic (exact) mass is 479 g/mol. The van der Waals surface area contributed by atoms with Crippen molar-refractivity contribution in [3.8, 4) is 0 Å². The highest BCUT2D eigenvalue weighted by molar-refractivity contribution is 5.88. The second-order valence-electron chi connectivity index (χ2n) is 9.27. The Morgan fingerprint density at radius 3 is 2.57 bits per heavy atom. The van der Waals surface area contributed by atoms with Gasteiger partial charge in [-0.15, -0.1) is 0 Å². The number of rotatable bonds is 7. The minimum absolute atomic E-state index is 0.0765. The van der Waals surface area contributed by atoms with Crippen LogP contribution in [0.25, 0.3) is 0 Å². The number of benzene rings is 1. The first kappa shape index (κ1) is 23.1. The van der Waals surface area contributed by atoms with E-state index < -0.39 is 30.1 Å². The first-order valence-electron chi connectivity index (χ1n) is 11.8. The van der Waals surface area contributed by atoms with Crippen LogP contribution < -0.4 is 5.32 Å². The number of hydrogen-bond acceptors (Lipinski definition) is 4. The molecule has 2 aliphatic rings. The number of halogens is 2. The van der Waals surface area contributed by atoms with Gasteiger partial charge in [0.15, 0.2) is 0 Å². The van der Waals surface area contributed by atoms with Gasteiger partial charge >= 0.3 is 0 Å². The Balaban J connectivity index is 1.38. The summed E-state index contributed by atoms with van der Waals surface area (Å²) in [5, 5.41) is 7.01. The SMILES string of the molecule is Cc1ccnn1CC(=O)N1CC(F)CC1C(=O)NC(c1ccccc1)c1ccc(C2CC2)c(F)n1. The Morgan fingerprint density at radius 2 is 1.91 bits per heavy atom. The predicted molar refractivity (Wildman–Crippen MR) is 125 cm³/mol. The summed E-state index contributed by atoms with van der Waals surface area (Å²) in [6.07, 6.45) is 2.08. The third-order valence-corrected chi connectivity index (χ3v) is 6.72. The summed E-state index contributed by atoms with van der Waals surface area (Å²) >= 11 is 0. The molecule has 1 aliphatic carbocycles. The zero-order valence-corrected chi connectivity index (χ0v) is 19.4. The van der Waals surface area contributed by atoms with Gasteiger partial charge in [0.1, 0.15) is 18.8 Å². The predicted octanol–water partition coefficient (Wildman–Crippen LogP) is 3.45. The van der Waals surface area contributed by atoms with Crippen molar-refractivity contribution in [1.82, 2.24) is 25.0 Å². The van der Waals surface area contributed by atoms with E-state index in [1.807, 2.05) is 37.3 Å². The van der Waals surface area contributed by atoms with Crippen molar-refractivity contribution in [3.63, 3.8) is 0 Å². The highest BCUT2D eigenvalue weighted by Crippen LogP contribution is 2.41. The van der Waals surface area contributed by atoms with Crippen LogP contribution in [0.3, 0.4) is 0 Å². The molecule has 1 aliphatic heterocycles. The van der Waals surface area contributed by atoms with Gasteiger partial charge in [0.05, 0.1) is 18.3 Å². The minimum atomic E-state index is -1.31. The Labute approximate surface area is 202 Å². The Morgan fingerprint density at radius 1 is 1.14 bits per heavy atom. The van der Waals surface area contributed by atoms with Crippen LogP contribution in [-0.4, -0.2) is 50.2 Å². The minimum Gasteiger partial charge on any atom is -0.342 e. The molecule has 3 atom stereocenters. The average Bonchev–Trinajstić information content (AvgIpc) is 3.50. The van der Waals surface area contributed by atoms with E-state index in [0.717, 1.165) is 18.5 Å². The highest BCUT2D eigenvalue weighted by atomic mass is 19.1. The third kappa shape index (κ3) is 4.94. The topological polar surface area (TPSA) is 80.1 Å². The highest BCUT2D eigenvalue weighted by Gasteiger charge is 2.41. The molecule has 0 bridgehead atoms. The second kappa shape index (κ2) is 9.56. The standard InChI is InChI=1S/C26H27F2N5O2/c1-16-11-12-29-33(16)15-23(34)32-14-19(27)13-22(32)26(35)31-24(18-5-3-2-4-6-18)21-10-9-20(17-7-8-17)25(28)30-21/h2-6,9-12,17,19,22,24H,7-8,13-15H2,1H3,(H,31,35). The van der Waals surface area contributed by atoms with Gasteiger partial charge in [-0.25, -0.2) is 9.37 Å².